The van der Waals surface area contributed by atoms with Crippen LogP contribution in [0, 0.1) is 0 Å². The zero-order chi connectivity index (χ0) is 10.4. The molecule has 0 aromatic heterocycles. The summed E-state index contributed by atoms with van der Waals surface area (Å²) in [5.41, 5.74) is 0.928. The van der Waals surface area contributed by atoms with Gasteiger partial charge in [0.1, 0.15) is 6.79 Å². The van der Waals surface area contributed by atoms with Crippen LogP contribution in [0.4, 0.5) is 0 Å². The fraction of sp³-hybridized carbons (Fsp3) is 0.400. The largest absolute Gasteiger partial charge is 0.504 e. The van der Waals surface area contributed by atoms with E-state index in [1.54, 1.807) is 25.3 Å². The van der Waals surface area contributed by atoms with Crippen LogP contribution in [-0.4, -0.2) is 26.1 Å². The number of aromatic hydroxyl groups is 1. The summed E-state index contributed by atoms with van der Waals surface area (Å²) >= 11 is 0. The molecule has 0 saturated carbocycles. The first kappa shape index (κ1) is 10.8. The summed E-state index contributed by atoms with van der Waals surface area (Å²) in [6.07, 6.45) is 0. The van der Waals surface area contributed by atoms with Gasteiger partial charge < -0.3 is 19.3 Å². The third-order valence-corrected chi connectivity index (χ3v) is 1.71. The van der Waals surface area contributed by atoms with E-state index in [2.05, 4.69) is 0 Å². The van der Waals surface area contributed by atoms with Gasteiger partial charge in [-0.2, -0.15) is 0 Å². The predicted molar refractivity (Wildman–Crippen MR) is 51.3 cm³/mol. The Labute approximate surface area is 83.0 Å². The topological polar surface area (TPSA) is 47.9 Å². The summed E-state index contributed by atoms with van der Waals surface area (Å²) < 4.78 is 14.8. The van der Waals surface area contributed by atoms with E-state index in [1.807, 2.05) is 0 Å². The molecule has 4 nitrogen and oxygen atoms in total. The van der Waals surface area contributed by atoms with Crippen LogP contribution in [0.25, 0.3) is 0 Å². The molecule has 78 valence electrons. The van der Waals surface area contributed by atoms with Gasteiger partial charge in [0.25, 0.3) is 0 Å². The third-order valence-electron chi connectivity index (χ3n) is 1.71. The number of hydrogen-bond donors (Lipinski definition) is 1. The number of ether oxygens (including phenoxy) is 3. The second-order valence-corrected chi connectivity index (χ2v) is 2.76. The Morgan fingerprint density at radius 1 is 1.29 bits per heavy atom. The SMILES string of the molecule is COCOCc1ccc(O)c(OC)c1. The van der Waals surface area contributed by atoms with Crippen molar-refractivity contribution < 1.29 is 19.3 Å². The lowest BCUT2D eigenvalue weighted by molar-refractivity contribution is -0.0391. The van der Waals surface area contributed by atoms with Crippen LogP contribution in [0.5, 0.6) is 11.5 Å². The van der Waals surface area contributed by atoms with Crippen LogP contribution in [0.2, 0.25) is 0 Å². The molecule has 0 spiro atoms. The Hall–Kier alpha value is -1.26. The van der Waals surface area contributed by atoms with Crippen molar-refractivity contribution in [2.45, 2.75) is 6.61 Å². The molecule has 0 saturated heterocycles. The van der Waals surface area contributed by atoms with Crippen molar-refractivity contribution in [3.8, 4) is 11.5 Å². The van der Waals surface area contributed by atoms with Crippen molar-refractivity contribution in [2.75, 3.05) is 21.0 Å². The van der Waals surface area contributed by atoms with Gasteiger partial charge in [0.15, 0.2) is 11.5 Å². The summed E-state index contributed by atoms with van der Waals surface area (Å²) in [6, 6.07) is 5.07. The van der Waals surface area contributed by atoms with E-state index in [-0.39, 0.29) is 12.5 Å². The smallest absolute Gasteiger partial charge is 0.160 e. The van der Waals surface area contributed by atoms with Gasteiger partial charge in [-0.1, -0.05) is 6.07 Å². The fourth-order valence-electron chi connectivity index (χ4n) is 1.05. The number of rotatable bonds is 5. The van der Waals surface area contributed by atoms with Crippen molar-refractivity contribution >= 4 is 0 Å². The van der Waals surface area contributed by atoms with Crippen LogP contribution in [0.15, 0.2) is 18.2 Å². The summed E-state index contributed by atoms with van der Waals surface area (Å²) in [4.78, 5) is 0. The van der Waals surface area contributed by atoms with Gasteiger partial charge in [-0.25, -0.2) is 0 Å². The number of benzene rings is 1. The Morgan fingerprint density at radius 3 is 2.71 bits per heavy atom. The molecule has 14 heavy (non-hydrogen) atoms. The Balaban J connectivity index is 2.60. The molecule has 0 heterocycles. The Morgan fingerprint density at radius 2 is 2.07 bits per heavy atom. The van der Waals surface area contributed by atoms with Gasteiger partial charge >= 0.3 is 0 Å². The fourth-order valence-corrected chi connectivity index (χ4v) is 1.05. The maximum atomic E-state index is 9.32. The van der Waals surface area contributed by atoms with E-state index in [1.165, 1.54) is 7.11 Å². The molecule has 0 aliphatic carbocycles. The van der Waals surface area contributed by atoms with Gasteiger partial charge in [-0.15, -0.1) is 0 Å². The van der Waals surface area contributed by atoms with E-state index < -0.39 is 0 Å². The molecule has 0 aliphatic heterocycles. The molecule has 1 rings (SSSR count). The molecule has 0 fully saturated rings. The van der Waals surface area contributed by atoms with E-state index in [0.29, 0.717) is 12.4 Å². The molecule has 1 aromatic rings. The zero-order valence-corrected chi connectivity index (χ0v) is 8.32. The summed E-state index contributed by atoms with van der Waals surface area (Å²) in [5.74, 6) is 0.575. The Bertz CT molecular complexity index is 285. The number of hydrogen-bond acceptors (Lipinski definition) is 4. The van der Waals surface area contributed by atoms with Crippen LogP contribution < -0.4 is 4.74 Å². The highest BCUT2D eigenvalue weighted by Gasteiger charge is 2.02. The predicted octanol–water partition coefficient (Wildman–Crippen LogP) is 1.52. The summed E-state index contributed by atoms with van der Waals surface area (Å²) in [5, 5.41) is 9.32. The molecule has 0 bridgehead atoms. The first-order valence-corrected chi connectivity index (χ1v) is 4.20. The molecule has 0 radical (unpaired) electrons. The standard InChI is InChI=1S/C10H14O4/c1-12-7-14-6-8-3-4-9(11)10(5-8)13-2/h3-5,11H,6-7H2,1-2H3. The van der Waals surface area contributed by atoms with Crippen LogP contribution in [0.3, 0.4) is 0 Å². The molecular weight excluding hydrogens is 184 g/mol. The first-order valence-electron chi connectivity index (χ1n) is 4.20. The average molecular weight is 198 g/mol. The molecule has 0 aliphatic rings. The lowest BCUT2D eigenvalue weighted by Gasteiger charge is -2.06. The minimum Gasteiger partial charge on any atom is -0.504 e. The lowest BCUT2D eigenvalue weighted by Crippen LogP contribution is -1.97. The van der Waals surface area contributed by atoms with Gasteiger partial charge in [-0.3, -0.25) is 0 Å². The maximum Gasteiger partial charge on any atom is 0.160 e. The van der Waals surface area contributed by atoms with Gasteiger partial charge in [-0.05, 0) is 17.7 Å². The second kappa shape index (κ2) is 5.47. The highest BCUT2D eigenvalue weighted by atomic mass is 16.7. The quantitative estimate of drug-likeness (QED) is 0.575. The van der Waals surface area contributed by atoms with Crippen LogP contribution in [-0.2, 0) is 16.1 Å². The minimum atomic E-state index is 0.128. The molecular formula is C10H14O4. The minimum absolute atomic E-state index is 0.128. The monoisotopic (exact) mass is 198 g/mol. The first-order chi connectivity index (χ1) is 6.77. The summed E-state index contributed by atoms with van der Waals surface area (Å²) in [6.45, 7) is 0.688. The molecule has 0 amide bonds. The molecule has 0 unspecified atom stereocenters. The van der Waals surface area contributed by atoms with Crippen LogP contribution in [0.1, 0.15) is 5.56 Å². The Kier molecular flexibility index (Phi) is 4.22. The third kappa shape index (κ3) is 2.90. The number of phenols is 1. The normalized spacial score (nSPS) is 10.1. The molecule has 1 aromatic carbocycles. The maximum absolute atomic E-state index is 9.32. The van der Waals surface area contributed by atoms with Crippen molar-refractivity contribution in [1.82, 2.24) is 0 Å². The van der Waals surface area contributed by atoms with Gasteiger partial charge in [0.05, 0.1) is 13.7 Å². The molecule has 1 N–H and O–H groups in total. The van der Waals surface area contributed by atoms with E-state index in [0.717, 1.165) is 5.56 Å². The van der Waals surface area contributed by atoms with Gasteiger partial charge in [0, 0.05) is 7.11 Å². The van der Waals surface area contributed by atoms with Crippen molar-refractivity contribution in [3.63, 3.8) is 0 Å². The molecule has 0 atom stereocenters. The number of methoxy groups -OCH3 is 2. The van der Waals surface area contributed by atoms with Crippen LogP contribution >= 0.6 is 0 Å². The van der Waals surface area contributed by atoms with E-state index >= 15 is 0 Å². The zero-order valence-electron chi connectivity index (χ0n) is 8.32. The van der Waals surface area contributed by atoms with Gasteiger partial charge in [0.2, 0.25) is 0 Å². The highest BCUT2D eigenvalue weighted by molar-refractivity contribution is 5.41. The summed E-state index contributed by atoms with van der Waals surface area (Å²) in [7, 11) is 3.08. The van der Waals surface area contributed by atoms with Crippen molar-refractivity contribution in [1.29, 1.82) is 0 Å². The number of phenolic OH excluding ortho intramolecular Hbond substituents is 1. The highest BCUT2D eigenvalue weighted by Crippen LogP contribution is 2.26. The van der Waals surface area contributed by atoms with Crippen molar-refractivity contribution in [2.24, 2.45) is 0 Å². The second-order valence-electron chi connectivity index (χ2n) is 2.76. The average Bonchev–Trinajstić information content (AvgIpc) is 2.21. The van der Waals surface area contributed by atoms with E-state index in [9.17, 15) is 5.11 Å². The van der Waals surface area contributed by atoms with E-state index in [4.69, 9.17) is 14.2 Å². The lowest BCUT2D eigenvalue weighted by atomic mass is 10.2. The molecule has 4 heteroatoms. The van der Waals surface area contributed by atoms with Crippen molar-refractivity contribution in [3.05, 3.63) is 23.8 Å².